The average molecular weight is 373 g/mol. The van der Waals surface area contributed by atoms with Crippen LogP contribution in [-0.2, 0) is 20.7 Å². The van der Waals surface area contributed by atoms with Crippen LogP contribution in [0.25, 0.3) is 0 Å². The number of likely N-dealkylation sites (tertiary alicyclic amines) is 1. The van der Waals surface area contributed by atoms with Crippen molar-refractivity contribution in [3.05, 3.63) is 35.9 Å². The molecule has 1 aromatic carbocycles. The topological polar surface area (TPSA) is 61.9 Å². The Morgan fingerprint density at radius 2 is 1.74 bits per heavy atom. The number of nitrogens with one attached hydrogen (secondary N) is 1. The standard InChI is InChI=1S/C21H31N3O3/c25-20(22-8-11-23-12-14-27-15-13-23)17-21(26)24-9-6-19(7-10-24)16-18-4-2-1-3-5-18/h1-5,19H,6-17H2,(H,22,25). The minimum atomic E-state index is -0.167. The van der Waals surface area contributed by atoms with Gasteiger partial charge in [0.25, 0.3) is 0 Å². The number of amides is 2. The Balaban J connectivity index is 1.31. The highest BCUT2D eigenvalue weighted by Crippen LogP contribution is 2.22. The molecule has 0 atom stereocenters. The maximum Gasteiger partial charge on any atom is 0.232 e. The summed E-state index contributed by atoms with van der Waals surface area (Å²) >= 11 is 0. The Kier molecular flexibility index (Phi) is 7.66. The number of ether oxygens (including phenoxy) is 1. The van der Waals surface area contributed by atoms with Gasteiger partial charge in [0.2, 0.25) is 11.8 Å². The lowest BCUT2D eigenvalue weighted by atomic mass is 9.90. The van der Waals surface area contributed by atoms with Gasteiger partial charge >= 0.3 is 0 Å². The second kappa shape index (κ2) is 10.4. The summed E-state index contributed by atoms with van der Waals surface area (Å²) < 4.78 is 5.31. The molecule has 2 aliphatic heterocycles. The predicted octanol–water partition coefficient (Wildman–Crippen LogP) is 1.31. The maximum atomic E-state index is 12.4. The van der Waals surface area contributed by atoms with Gasteiger partial charge in [-0.2, -0.15) is 0 Å². The van der Waals surface area contributed by atoms with Crippen LogP contribution in [0.5, 0.6) is 0 Å². The molecule has 3 rings (SSSR count). The van der Waals surface area contributed by atoms with E-state index in [0.29, 0.717) is 12.5 Å². The summed E-state index contributed by atoms with van der Waals surface area (Å²) in [5.41, 5.74) is 1.36. The van der Waals surface area contributed by atoms with Crippen LogP contribution in [0.1, 0.15) is 24.8 Å². The average Bonchev–Trinajstić information content (AvgIpc) is 2.70. The first-order valence-corrected chi connectivity index (χ1v) is 10.1. The van der Waals surface area contributed by atoms with Gasteiger partial charge in [0, 0.05) is 39.3 Å². The zero-order chi connectivity index (χ0) is 18.9. The van der Waals surface area contributed by atoms with Crippen molar-refractivity contribution in [3.8, 4) is 0 Å². The monoisotopic (exact) mass is 373 g/mol. The van der Waals surface area contributed by atoms with Gasteiger partial charge in [0.1, 0.15) is 6.42 Å². The Morgan fingerprint density at radius 3 is 2.44 bits per heavy atom. The molecular weight excluding hydrogens is 342 g/mol. The normalized spacial score (nSPS) is 19.0. The van der Waals surface area contributed by atoms with Crippen molar-refractivity contribution < 1.29 is 14.3 Å². The summed E-state index contributed by atoms with van der Waals surface area (Å²) in [5.74, 6) is 0.413. The Morgan fingerprint density at radius 1 is 1.04 bits per heavy atom. The number of hydrogen-bond donors (Lipinski definition) is 1. The van der Waals surface area contributed by atoms with Gasteiger partial charge in [-0.3, -0.25) is 14.5 Å². The number of nitrogens with zero attached hydrogens (tertiary/aromatic N) is 2. The van der Waals surface area contributed by atoms with Gasteiger partial charge in [-0.15, -0.1) is 0 Å². The molecule has 148 valence electrons. The zero-order valence-corrected chi connectivity index (χ0v) is 16.1. The minimum Gasteiger partial charge on any atom is -0.379 e. The molecule has 1 N–H and O–H groups in total. The van der Waals surface area contributed by atoms with E-state index in [9.17, 15) is 9.59 Å². The largest absolute Gasteiger partial charge is 0.379 e. The molecule has 2 aliphatic rings. The molecule has 2 amide bonds. The molecule has 0 spiro atoms. The second-order valence-electron chi connectivity index (χ2n) is 7.49. The number of morpholine rings is 1. The predicted molar refractivity (Wildman–Crippen MR) is 104 cm³/mol. The van der Waals surface area contributed by atoms with E-state index in [1.54, 1.807) is 0 Å². The van der Waals surface area contributed by atoms with Gasteiger partial charge in [-0.25, -0.2) is 0 Å². The van der Waals surface area contributed by atoms with E-state index in [2.05, 4.69) is 34.5 Å². The highest BCUT2D eigenvalue weighted by atomic mass is 16.5. The molecule has 0 aromatic heterocycles. The van der Waals surface area contributed by atoms with E-state index < -0.39 is 0 Å². The molecule has 6 nitrogen and oxygen atoms in total. The number of benzene rings is 1. The van der Waals surface area contributed by atoms with Crippen molar-refractivity contribution in [1.29, 1.82) is 0 Å². The quantitative estimate of drug-likeness (QED) is 0.732. The molecule has 0 bridgehead atoms. The first-order valence-electron chi connectivity index (χ1n) is 10.1. The lowest BCUT2D eigenvalue weighted by Gasteiger charge is -2.32. The van der Waals surface area contributed by atoms with Crippen LogP contribution in [-0.4, -0.2) is 74.1 Å². The van der Waals surface area contributed by atoms with Crippen LogP contribution in [0.3, 0.4) is 0 Å². The summed E-state index contributed by atoms with van der Waals surface area (Å²) in [4.78, 5) is 28.5. The second-order valence-corrected chi connectivity index (χ2v) is 7.49. The van der Waals surface area contributed by atoms with Crippen molar-refractivity contribution in [2.75, 3.05) is 52.5 Å². The minimum absolute atomic E-state index is 0.0353. The van der Waals surface area contributed by atoms with E-state index in [1.807, 2.05) is 11.0 Å². The summed E-state index contributed by atoms with van der Waals surface area (Å²) in [6.07, 6.45) is 3.07. The number of carbonyl (C=O) groups is 2. The SMILES string of the molecule is O=C(CC(=O)N1CCC(Cc2ccccc2)CC1)NCCN1CCOCC1. The Hall–Kier alpha value is -1.92. The Bertz CT molecular complexity index is 594. The summed E-state index contributed by atoms with van der Waals surface area (Å²) in [6, 6.07) is 10.5. The van der Waals surface area contributed by atoms with Crippen LogP contribution in [0, 0.1) is 5.92 Å². The van der Waals surface area contributed by atoms with Crippen molar-refractivity contribution in [1.82, 2.24) is 15.1 Å². The third-order valence-electron chi connectivity index (χ3n) is 5.50. The van der Waals surface area contributed by atoms with Crippen LogP contribution >= 0.6 is 0 Å². The Labute approximate surface area is 161 Å². The van der Waals surface area contributed by atoms with E-state index >= 15 is 0 Å². The van der Waals surface area contributed by atoms with Crippen molar-refractivity contribution in [3.63, 3.8) is 0 Å². The third-order valence-corrected chi connectivity index (χ3v) is 5.50. The summed E-state index contributed by atoms with van der Waals surface area (Å²) in [5, 5.41) is 2.87. The number of piperidine rings is 1. The zero-order valence-electron chi connectivity index (χ0n) is 16.1. The first kappa shape index (κ1) is 19.8. The molecule has 0 radical (unpaired) electrons. The fraction of sp³-hybridized carbons (Fsp3) is 0.619. The van der Waals surface area contributed by atoms with Gasteiger partial charge in [0.15, 0.2) is 0 Å². The molecule has 0 aliphatic carbocycles. The molecule has 2 heterocycles. The third kappa shape index (κ3) is 6.63. The van der Waals surface area contributed by atoms with Crippen LogP contribution in [0.4, 0.5) is 0 Å². The molecule has 2 fully saturated rings. The molecule has 27 heavy (non-hydrogen) atoms. The van der Waals surface area contributed by atoms with E-state index in [-0.39, 0.29) is 18.2 Å². The van der Waals surface area contributed by atoms with Crippen molar-refractivity contribution in [2.45, 2.75) is 25.7 Å². The fourth-order valence-corrected chi connectivity index (χ4v) is 3.82. The van der Waals surface area contributed by atoms with Crippen LogP contribution in [0.2, 0.25) is 0 Å². The van der Waals surface area contributed by atoms with Crippen LogP contribution < -0.4 is 5.32 Å². The van der Waals surface area contributed by atoms with Crippen LogP contribution in [0.15, 0.2) is 30.3 Å². The maximum absolute atomic E-state index is 12.4. The lowest BCUT2D eigenvalue weighted by Crippen LogP contribution is -2.43. The molecular formula is C21H31N3O3. The first-order chi connectivity index (χ1) is 13.2. The smallest absolute Gasteiger partial charge is 0.232 e. The van der Waals surface area contributed by atoms with Crippen molar-refractivity contribution in [2.24, 2.45) is 5.92 Å². The van der Waals surface area contributed by atoms with Crippen molar-refractivity contribution >= 4 is 11.8 Å². The highest BCUT2D eigenvalue weighted by Gasteiger charge is 2.24. The highest BCUT2D eigenvalue weighted by molar-refractivity contribution is 5.96. The lowest BCUT2D eigenvalue weighted by molar-refractivity contribution is -0.137. The molecule has 0 saturated carbocycles. The van der Waals surface area contributed by atoms with Gasteiger partial charge < -0.3 is 15.0 Å². The molecule has 1 aromatic rings. The van der Waals surface area contributed by atoms with E-state index in [1.165, 1.54) is 5.56 Å². The van der Waals surface area contributed by atoms with E-state index in [0.717, 1.165) is 65.2 Å². The van der Waals surface area contributed by atoms with Gasteiger partial charge in [-0.1, -0.05) is 30.3 Å². The fourth-order valence-electron chi connectivity index (χ4n) is 3.82. The number of rotatable bonds is 7. The molecule has 6 heteroatoms. The van der Waals surface area contributed by atoms with Gasteiger partial charge in [0.05, 0.1) is 13.2 Å². The summed E-state index contributed by atoms with van der Waals surface area (Å²) in [7, 11) is 0. The number of hydrogen-bond acceptors (Lipinski definition) is 4. The summed E-state index contributed by atoms with van der Waals surface area (Å²) in [6.45, 7) is 6.26. The molecule has 0 unspecified atom stereocenters. The number of carbonyl (C=O) groups excluding carboxylic acids is 2. The molecule has 2 saturated heterocycles. The van der Waals surface area contributed by atoms with E-state index in [4.69, 9.17) is 4.74 Å². The van der Waals surface area contributed by atoms with Gasteiger partial charge in [-0.05, 0) is 30.7 Å².